The van der Waals surface area contributed by atoms with Crippen molar-refractivity contribution in [3.05, 3.63) is 60.2 Å². The third kappa shape index (κ3) is 4.03. The number of rotatable bonds is 6. The summed E-state index contributed by atoms with van der Waals surface area (Å²) in [4.78, 5) is 15.6. The lowest BCUT2D eigenvalue weighted by Gasteiger charge is -2.14. The molecule has 1 aromatic carbocycles. The van der Waals surface area contributed by atoms with E-state index in [-0.39, 0.29) is 11.2 Å². The predicted octanol–water partition coefficient (Wildman–Crippen LogP) is 4.35. The molecule has 1 saturated carbocycles. The first-order chi connectivity index (χ1) is 13.1. The van der Waals surface area contributed by atoms with E-state index < -0.39 is 0 Å². The molecule has 0 bridgehead atoms. The van der Waals surface area contributed by atoms with Crippen molar-refractivity contribution in [1.29, 1.82) is 0 Å². The number of thioether (sulfide) groups is 1. The quantitative estimate of drug-likeness (QED) is 0.645. The van der Waals surface area contributed by atoms with Crippen LogP contribution in [0.2, 0.25) is 0 Å². The second-order valence-corrected chi connectivity index (χ2v) is 8.04. The minimum Gasteiger partial charge on any atom is -0.326 e. The van der Waals surface area contributed by atoms with Crippen LogP contribution in [0.4, 0.5) is 5.69 Å². The van der Waals surface area contributed by atoms with E-state index in [9.17, 15) is 4.79 Å². The van der Waals surface area contributed by atoms with Crippen LogP contribution in [0.5, 0.6) is 0 Å². The van der Waals surface area contributed by atoms with Gasteiger partial charge in [0.15, 0.2) is 5.16 Å². The number of pyridine rings is 1. The lowest BCUT2D eigenvalue weighted by Crippen LogP contribution is -2.07. The number of nitrogens with zero attached hydrogens (tertiary/aromatic N) is 4. The number of carbonyl (C=O) groups is 1. The molecule has 1 atom stereocenters. The maximum Gasteiger partial charge on any atom is 0.221 e. The number of amides is 1. The zero-order valence-electron chi connectivity index (χ0n) is 15.3. The standard InChI is InChI=1S/C20H21N5OS/c1-13(16-5-4-10-21-12-16)27-20-24-23-19(15-8-9-15)25(20)18-7-3-6-17(11-18)22-14(2)26/h3-7,10-13,15H,8-9H2,1-2H3,(H,22,26). The first-order valence-electron chi connectivity index (χ1n) is 9.01. The van der Waals surface area contributed by atoms with Crippen molar-refractivity contribution in [2.45, 2.75) is 43.0 Å². The number of hydrogen-bond donors (Lipinski definition) is 1. The first-order valence-corrected chi connectivity index (χ1v) is 9.89. The second kappa shape index (κ2) is 7.52. The lowest BCUT2D eigenvalue weighted by atomic mass is 10.2. The van der Waals surface area contributed by atoms with Crippen LogP contribution in [-0.2, 0) is 4.79 Å². The number of benzene rings is 1. The number of carbonyl (C=O) groups excluding carboxylic acids is 1. The Morgan fingerprint density at radius 3 is 2.81 bits per heavy atom. The molecule has 1 aliphatic rings. The summed E-state index contributed by atoms with van der Waals surface area (Å²) in [5.74, 6) is 1.37. The van der Waals surface area contributed by atoms with Gasteiger partial charge in [-0.15, -0.1) is 10.2 Å². The highest BCUT2D eigenvalue weighted by Crippen LogP contribution is 2.43. The zero-order valence-corrected chi connectivity index (χ0v) is 16.1. The molecule has 2 heterocycles. The molecule has 138 valence electrons. The minimum atomic E-state index is -0.0851. The van der Waals surface area contributed by atoms with Crippen LogP contribution < -0.4 is 5.32 Å². The molecular weight excluding hydrogens is 358 g/mol. The summed E-state index contributed by atoms with van der Waals surface area (Å²) in [7, 11) is 0. The molecule has 7 heteroatoms. The molecule has 1 amide bonds. The van der Waals surface area contributed by atoms with E-state index in [4.69, 9.17) is 0 Å². The van der Waals surface area contributed by atoms with Crippen LogP contribution in [0.1, 0.15) is 49.2 Å². The van der Waals surface area contributed by atoms with E-state index in [2.05, 4.69) is 38.1 Å². The number of aromatic nitrogens is 4. The largest absolute Gasteiger partial charge is 0.326 e. The summed E-state index contributed by atoms with van der Waals surface area (Å²) in [6.45, 7) is 3.66. The molecule has 4 rings (SSSR count). The van der Waals surface area contributed by atoms with Crippen molar-refractivity contribution < 1.29 is 4.79 Å². The number of hydrogen-bond acceptors (Lipinski definition) is 5. The summed E-state index contributed by atoms with van der Waals surface area (Å²) < 4.78 is 2.13. The van der Waals surface area contributed by atoms with Crippen molar-refractivity contribution >= 4 is 23.4 Å². The summed E-state index contributed by atoms with van der Waals surface area (Å²) in [5, 5.41) is 12.9. The van der Waals surface area contributed by atoms with E-state index in [0.29, 0.717) is 5.92 Å². The molecular formula is C20H21N5OS. The Balaban J connectivity index is 1.69. The van der Waals surface area contributed by atoms with Gasteiger partial charge in [-0.3, -0.25) is 14.3 Å². The summed E-state index contributed by atoms with van der Waals surface area (Å²) in [5.41, 5.74) is 2.89. The predicted molar refractivity (Wildman–Crippen MR) is 106 cm³/mol. The van der Waals surface area contributed by atoms with Gasteiger partial charge in [0.1, 0.15) is 5.82 Å². The van der Waals surface area contributed by atoms with Gasteiger partial charge in [-0.05, 0) is 49.6 Å². The zero-order chi connectivity index (χ0) is 18.8. The smallest absolute Gasteiger partial charge is 0.221 e. The van der Waals surface area contributed by atoms with Crippen LogP contribution in [0.15, 0.2) is 53.9 Å². The Morgan fingerprint density at radius 1 is 1.26 bits per heavy atom. The van der Waals surface area contributed by atoms with Crippen molar-refractivity contribution in [2.24, 2.45) is 0 Å². The third-order valence-corrected chi connectivity index (χ3v) is 5.56. The molecule has 0 saturated heterocycles. The molecule has 0 radical (unpaired) electrons. The SMILES string of the molecule is CC(=O)Nc1cccc(-n2c(SC(C)c3cccnc3)nnc2C2CC2)c1. The second-order valence-electron chi connectivity index (χ2n) is 6.73. The van der Waals surface area contributed by atoms with E-state index in [1.54, 1.807) is 18.0 Å². The average Bonchev–Trinajstić information content (AvgIpc) is 3.43. The maximum atomic E-state index is 11.4. The molecule has 3 aromatic rings. The fourth-order valence-corrected chi connectivity index (χ4v) is 3.96. The van der Waals surface area contributed by atoms with E-state index in [0.717, 1.165) is 40.8 Å². The molecule has 1 aliphatic carbocycles. The Bertz CT molecular complexity index is 952. The molecule has 0 aliphatic heterocycles. The molecule has 0 spiro atoms. The monoisotopic (exact) mass is 379 g/mol. The molecule has 1 N–H and O–H groups in total. The fourth-order valence-electron chi connectivity index (χ4n) is 2.97. The van der Waals surface area contributed by atoms with Crippen molar-refractivity contribution in [3.63, 3.8) is 0 Å². The number of anilines is 1. The topological polar surface area (TPSA) is 72.7 Å². The first kappa shape index (κ1) is 17.7. The van der Waals surface area contributed by atoms with Gasteiger partial charge < -0.3 is 5.32 Å². The van der Waals surface area contributed by atoms with Crippen LogP contribution >= 0.6 is 11.8 Å². The van der Waals surface area contributed by atoms with Gasteiger partial charge in [0.05, 0.1) is 5.69 Å². The van der Waals surface area contributed by atoms with Crippen LogP contribution in [-0.4, -0.2) is 25.7 Å². The van der Waals surface area contributed by atoms with E-state index >= 15 is 0 Å². The van der Waals surface area contributed by atoms with Gasteiger partial charge >= 0.3 is 0 Å². The minimum absolute atomic E-state index is 0.0851. The Labute approximate surface area is 162 Å². The van der Waals surface area contributed by atoms with E-state index in [1.807, 2.05) is 36.5 Å². The van der Waals surface area contributed by atoms with E-state index in [1.165, 1.54) is 6.92 Å². The Hall–Kier alpha value is -2.67. The van der Waals surface area contributed by atoms with Gasteiger partial charge in [0.2, 0.25) is 5.91 Å². The van der Waals surface area contributed by atoms with Crippen LogP contribution in [0.25, 0.3) is 5.69 Å². The fraction of sp³-hybridized carbons (Fsp3) is 0.300. The van der Waals surface area contributed by atoms with Gasteiger partial charge in [0, 0.05) is 36.2 Å². The molecule has 1 unspecified atom stereocenters. The van der Waals surface area contributed by atoms with Crippen LogP contribution in [0, 0.1) is 0 Å². The highest BCUT2D eigenvalue weighted by Gasteiger charge is 2.31. The van der Waals surface area contributed by atoms with Gasteiger partial charge in [0.25, 0.3) is 0 Å². The Kier molecular flexibility index (Phi) is 4.94. The van der Waals surface area contributed by atoms with Crippen molar-refractivity contribution in [3.8, 4) is 5.69 Å². The molecule has 27 heavy (non-hydrogen) atoms. The maximum absolute atomic E-state index is 11.4. The molecule has 1 fully saturated rings. The van der Waals surface area contributed by atoms with Gasteiger partial charge in [-0.25, -0.2) is 0 Å². The summed E-state index contributed by atoms with van der Waals surface area (Å²) in [6.07, 6.45) is 5.96. The summed E-state index contributed by atoms with van der Waals surface area (Å²) in [6, 6.07) is 11.8. The third-order valence-electron chi connectivity index (χ3n) is 4.46. The Morgan fingerprint density at radius 2 is 2.11 bits per heavy atom. The average molecular weight is 379 g/mol. The van der Waals surface area contributed by atoms with Crippen LogP contribution in [0.3, 0.4) is 0 Å². The normalized spacial score (nSPS) is 14.7. The summed E-state index contributed by atoms with van der Waals surface area (Å²) >= 11 is 1.67. The molecule has 6 nitrogen and oxygen atoms in total. The highest BCUT2D eigenvalue weighted by molar-refractivity contribution is 7.99. The molecule has 2 aromatic heterocycles. The highest BCUT2D eigenvalue weighted by atomic mass is 32.2. The van der Waals surface area contributed by atoms with Crippen molar-refractivity contribution in [1.82, 2.24) is 19.7 Å². The lowest BCUT2D eigenvalue weighted by molar-refractivity contribution is -0.114. The van der Waals surface area contributed by atoms with Gasteiger partial charge in [-0.2, -0.15) is 0 Å². The number of nitrogens with one attached hydrogen (secondary N) is 1. The van der Waals surface area contributed by atoms with Crippen molar-refractivity contribution in [2.75, 3.05) is 5.32 Å². The van der Waals surface area contributed by atoms with Gasteiger partial charge in [-0.1, -0.05) is 23.9 Å².